The van der Waals surface area contributed by atoms with Gasteiger partial charge in [0, 0.05) is 25.8 Å². The van der Waals surface area contributed by atoms with Gasteiger partial charge in [-0.3, -0.25) is 14.7 Å². The van der Waals surface area contributed by atoms with Crippen LogP contribution in [-0.2, 0) is 14.8 Å². The number of amides is 1. The lowest BCUT2D eigenvalue weighted by Gasteiger charge is -2.46. The molecule has 0 unspecified atom stereocenters. The summed E-state index contributed by atoms with van der Waals surface area (Å²) in [6, 6.07) is 3.67. The molecule has 2 fully saturated rings. The van der Waals surface area contributed by atoms with Gasteiger partial charge in [-0.25, -0.2) is 8.42 Å². The average molecular weight is 352 g/mol. The van der Waals surface area contributed by atoms with Crippen molar-refractivity contribution in [3.63, 3.8) is 0 Å². The largest absolute Gasteiger partial charge is 0.308 e. The standard InChI is InChI=1S/C16H24N4O3S/c1-3-9-24(22,23)19-8-6-16(12-19)13-20(15(21)11-18(16)2)14-5-4-7-17-10-14/h4-5,7,10H,3,6,8-9,11-13H2,1-2H3/t16-/m1/s1. The molecule has 2 aliphatic heterocycles. The van der Waals surface area contributed by atoms with Crippen LogP contribution in [0.3, 0.4) is 0 Å². The first-order valence-electron chi connectivity index (χ1n) is 8.27. The van der Waals surface area contributed by atoms with Crippen molar-refractivity contribution in [1.82, 2.24) is 14.2 Å². The van der Waals surface area contributed by atoms with Gasteiger partial charge in [0.05, 0.1) is 29.7 Å². The zero-order valence-corrected chi connectivity index (χ0v) is 15.0. The molecule has 0 aromatic carbocycles. The molecule has 8 heteroatoms. The summed E-state index contributed by atoms with van der Waals surface area (Å²) < 4.78 is 26.4. The summed E-state index contributed by atoms with van der Waals surface area (Å²) in [6.45, 7) is 3.61. The molecule has 0 radical (unpaired) electrons. The van der Waals surface area contributed by atoms with Crippen LogP contribution in [0, 0.1) is 0 Å². The first-order chi connectivity index (χ1) is 11.4. The minimum Gasteiger partial charge on any atom is -0.308 e. The zero-order chi connectivity index (χ0) is 17.4. The van der Waals surface area contributed by atoms with Crippen molar-refractivity contribution in [3.8, 4) is 0 Å². The molecule has 1 spiro atoms. The summed E-state index contributed by atoms with van der Waals surface area (Å²) >= 11 is 0. The third kappa shape index (κ3) is 3.05. The number of rotatable bonds is 4. The predicted octanol–water partition coefficient (Wildman–Crippen LogP) is 0.544. The lowest BCUT2D eigenvalue weighted by atomic mass is 9.93. The van der Waals surface area contributed by atoms with Crippen molar-refractivity contribution < 1.29 is 13.2 Å². The molecule has 2 saturated heterocycles. The van der Waals surface area contributed by atoms with Crippen molar-refractivity contribution in [2.24, 2.45) is 0 Å². The highest BCUT2D eigenvalue weighted by atomic mass is 32.2. The van der Waals surface area contributed by atoms with Crippen LogP contribution in [0.25, 0.3) is 0 Å². The average Bonchev–Trinajstić information content (AvgIpc) is 2.98. The number of carbonyl (C=O) groups is 1. The third-order valence-corrected chi connectivity index (χ3v) is 7.07. The van der Waals surface area contributed by atoms with Crippen LogP contribution in [0.4, 0.5) is 5.69 Å². The van der Waals surface area contributed by atoms with Gasteiger partial charge in [0.1, 0.15) is 0 Å². The number of likely N-dealkylation sites (N-methyl/N-ethyl adjacent to an activating group) is 1. The first-order valence-corrected chi connectivity index (χ1v) is 9.88. The van der Waals surface area contributed by atoms with Crippen LogP contribution in [0.5, 0.6) is 0 Å². The van der Waals surface area contributed by atoms with Crippen molar-refractivity contribution in [2.75, 3.05) is 43.9 Å². The SMILES string of the molecule is CCCS(=O)(=O)N1CC[C@]2(CN(c3cccnc3)C(=O)CN2C)C1. The highest BCUT2D eigenvalue weighted by Gasteiger charge is 2.49. The molecular formula is C16H24N4O3S. The number of nitrogens with zero attached hydrogens (tertiary/aromatic N) is 4. The molecule has 0 bridgehead atoms. The minimum absolute atomic E-state index is 0.0194. The molecule has 2 aliphatic rings. The molecule has 24 heavy (non-hydrogen) atoms. The maximum absolute atomic E-state index is 12.5. The summed E-state index contributed by atoms with van der Waals surface area (Å²) in [7, 11) is -1.30. The molecule has 3 rings (SSSR count). The molecule has 0 N–H and O–H groups in total. The Balaban J connectivity index is 1.84. The van der Waals surface area contributed by atoms with Crippen LogP contribution >= 0.6 is 0 Å². The number of aromatic nitrogens is 1. The Labute approximate surface area is 143 Å². The Morgan fingerprint density at radius 2 is 2.12 bits per heavy atom. The fourth-order valence-corrected chi connectivity index (χ4v) is 5.17. The lowest BCUT2D eigenvalue weighted by Crippen LogP contribution is -2.64. The smallest absolute Gasteiger partial charge is 0.241 e. The third-order valence-electron chi connectivity index (χ3n) is 5.05. The van der Waals surface area contributed by atoms with E-state index in [2.05, 4.69) is 4.98 Å². The van der Waals surface area contributed by atoms with Gasteiger partial charge in [-0.15, -0.1) is 0 Å². The molecular weight excluding hydrogens is 328 g/mol. The minimum atomic E-state index is -3.21. The molecule has 7 nitrogen and oxygen atoms in total. The van der Waals surface area contributed by atoms with Gasteiger partial charge in [-0.1, -0.05) is 6.92 Å². The molecule has 1 atom stereocenters. The van der Waals surface area contributed by atoms with Gasteiger partial charge in [0.15, 0.2) is 0 Å². The van der Waals surface area contributed by atoms with Gasteiger partial charge >= 0.3 is 0 Å². The van der Waals surface area contributed by atoms with E-state index < -0.39 is 10.0 Å². The lowest BCUT2D eigenvalue weighted by molar-refractivity contribution is -0.123. The van der Waals surface area contributed by atoms with Gasteiger partial charge in [-0.05, 0) is 32.0 Å². The predicted molar refractivity (Wildman–Crippen MR) is 92.2 cm³/mol. The van der Waals surface area contributed by atoms with Crippen LogP contribution in [0.1, 0.15) is 19.8 Å². The second kappa shape index (κ2) is 6.42. The van der Waals surface area contributed by atoms with E-state index >= 15 is 0 Å². The second-order valence-electron chi connectivity index (χ2n) is 6.67. The van der Waals surface area contributed by atoms with E-state index in [0.29, 0.717) is 26.1 Å². The molecule has 3 heterocycles. The van der Waals surface area contributed by atoms with E-state index in [1.54, 1.807) is 27.7 Å². The first kappa shape index (κ1) is 17.3. The Morgan fingerprint density at radius 3 is 2.79 bits per heavy atom. The second-order valence-corrected chi connectivity index (χ2v) is 8.76. The Kier molecular flexibility index (Phi) is 4.63. The van der Waals surface area contributed by atoms with Gasteiger partial charge in [0.2, 0.25) is 15.9 Å². The summed E-state index contributed by atoms with van der Waals surface area (Å²) in [5.74, 6) is 0.198. The molecule has 1 amide bonds. The number of pyridine rings is 1. The summed E-state index contributed by atoms with van der Waals surface area (Å²) in [5.41, 5.74) is 0.440. The van der Waals surface area contributed by atoms with E-state index in [9.17, 15) is 13.2 Å². The van der Waals surface area contributed by atoms with Gasteiger partial charge < -0.3 is 4.90 Å². The van der Waals surface area contributed by atoms with Crippen LogP contribution in [-0.4, -0.2) is 73.0 Å². The number of anilines is 1. The van der Waals surface area contributed by atoms with Gasteiger partial charge in [0.25, 0.3) is 0 Å². The Morgan fingerprint density at radius 1 is 1.33 bits per heavy atom. The highest BCUT2D eigenvalue weighted by Crippen LogP contribution is 2.34. The maximum Gasteiger partial charge on any atom is 0.241 e. The summed E-state index contributed by atoms with van der Waals surface area (Å²) in [4.78, 5) is 20.3. The molecule has 132 valence electrons. The van der Waals surface area contributed by atoms with E-state index in [0.717, 1.165) is 12.1 Å². The number of piperazine rings is 1. The van der Waals surface area contributed by atoms with Crippen LogP contribution in [0.2, 0.25) is 0 Å². The van der Waals surface area contributed by atoms with Crippen LogP contribution in [0.15, 0.2) is 24.5 Å². The normalized spacial score (nSPS) is 26.4. The Bertz CT molecular complexity index is 709. The van der Waals surface area contributed by atoms with Crippen molar-refractivity contribution >= 4 is 21.6 Å². The van der Waals surface area contributed by atoms with Crippen molar-refractivity contribution in [1.29, 1.82) is 0 Å². The maximum atomic E-state index is 12.5. The number of sulfonamides is 1. The van der Waals surface area contributed by atoms with E-state index in [4.69, 9.17) is 0 Å². The molecule has 0 aliphatic carbocycles. The zero-order valence-electron chi connectivity index (χ0n) is 14.2. The van der Waals surface area contributed by atoms with E-state index in [-0.39, 0.29) is 23.7 Å². The van der Waals surface area contributed by atoms with Gasteiger partial charge in [-0.2, -0.15) is 4.31 Å². The van der Waals surface area contributed by atoms with E-state index in [1.165, 1.54) is 0 Å². The van der Waals surface area contributed by atoms with Crippen molar-refractivity contribution in [3.05, 3.63) is 24.5 Å². The number of carbonyl (C=O) groups excluding carboxylic acids is 1. The monoisotopic (exact) mass is 352 g/mol. The summed E-state index contributed by atoms with van der Waals surface area (Å²) in [6.07, 6.45) is 4.70. The highest BCUT2D eigenvalue weighted by molar-refractivity contribution is 7.89. The fourth-order valence-electron chi connectivity index (χ4n) is 3.59. The molecule has 0 saturated carbocycles. The van der Waals surface area contributed by atoms with Crippen molar-refractivity contribution in [2.45, 2.75) is 25.3 Å². The fraction of sp³-hybridized carbons (Fsp3) is 0.625. The Hall–Kier alpha value is -1.51. The molecule has 1 aromatic rings. The number of hydrogen-bond donors (Lipinski definition) is 0. The topological polar surface area (TPSA) is 73.8 Å². The number of hydrogen-bond acceptors (Lipinski definition) is 5. The molecule has 1 aromatic heterocycles. The van der Waals surface area contributed by atoms with Crippen LogP contribution < -0.4 is 4.90 Å². The summed E-state index contributed by atoms with van der Waals surface area (Å²) in [5, 5.41) is 0. The van der Waals surface area contributed by atoms with E-state index in [1.807, 2.05) is 24.9 Å². The quantitative estimate of drug-likeness (QED) is 0.791.